The molecule has 0 radical (unpaired) electrons. The van der Waals surface area contributed by atoms with Crippen LogP contribution in [0.1, 0.15) is 43.3 Å². The van der Waals surface area contributed by atoms with Crippen molar-refractivity contribution in [3.05, 3.63) is 48.4 Å². The van der Waals surface area contributed by atoms with E-state index in [1.165, 1.54) is 0 Å². The van der Waals surface area contributed by atoms with Gasteiger partial charge in [0.2, 0.25) is 11.7 Å². The van der Waals surface area contributed by atoms with Gasteiger partial charge in [-0.2, -0.15) is 10.1 Å². The highest BCUT2D eigenvalue weighted by Gasteiger charge is 2.26. The SMILES string of the molecule is CC(NC(=O)N1CCC(c2ccn[nH]2)CC1)c1nc(-c2cccnc2)no1. The molecule has 0 bridgehead atoms. The molecule has 4 rings (SSSR count). The van der Waals surface area contributed by atoms with Crippen LogP contribution in [-0.4, -0.2) is 49.3 Å². The standard InChI is InChI=1S/C18H21N7O2/c1-12(17-22-16(24-27-17)14-3-2-7-19-11-14)21-18(26)25-9-5-13(6-10-25)15-4-8-20-23-15/h2-4,7-8,11-13H,5-6,9-10H2,1H3,(H,20,23)(H,21,26). The Hall–Kier alpha value is -3.23. The summed E-state index contributed by atoms with van der Waals surface area (Å²) in [5.41, 5.74) is 1.91. The number of hydrogen-bond acceptors (Lipinski definition) is 6. The van der Waals surface area contributed by atoms with Gasteiger partial charge in [-0.25, -0.2) is 4.79 Å². The molecule has 140 valence electrons. The molecule has 4 heterocycles. The van der Waals surface area contributed by atoms with E-state index in [1.54, 1.807) is 18.6 Å². The van der Waals surface area contributed by atoms with Crippen molar-refractivity contribution in [1.29, 1.82) is 0 Å². The molecule has 1 atom stereocenters. The molecule has 1 unspecified atom stereocenters. The van der Waals surface area contributed by atoms with Gasteiger partial charge in [0.05, 0.1) is 0 Å². The molecule has 1 aliphatic heterocycles. The zero-order chi connectivity index (χ0) is 18.6. The van der Waals surface area contributed by atoms with Crippen molar-refractivity contribution in [2.45, 2.75) is 31.7 Å². The second kappa shape index (κ2) is 7.56. The number of piperidine rings is 1. The maximum absolute atomic E-state index is 12.5. The lowest BCUT2D eigenvalue weighted by atomic mass is 9.94. The minimum atomic E-state index is -0.374. The minimum absolute atomic E-state index is 0.119. The summed E-state index contributed by atoms with van der Waals surface area (Å²) in [5.74, 6) is 1.25. The smallest absolute Gasteiger partial charge is 0.318 e. The van der Waals surface area contributed by atoms with Crippen molar-refractivity contribution >= 4 is 6.03 Å². The fraction of sp³-hybridized carbons (Fsp3) is 0.389. The summed E-state index contributed by atoms with van der Waals surface area (Å²) in [6, 6.07) is 5.17. The lowest BCUT2D eigenvalue weighted by molar-refractivity contribution is 0.175. The third kappa shape index (κ3) is 3.81. The molecular formula is C18H21N7O2. The zero-order valence-electron chi connectivity index (χ0n) is 15.0. The van der Waals surface area contributed by atoms with Crippen LogP contribution in [-0.2, 0) is 0 Å². The summed E-state index contributed by atoms with van der Waals surface area (Å²) in [7, 11) is 0. The summed E-state index contributed by atoms with van der Waals surface area (Å²) >= 11 is 0. The van der Waals surface area contributed by atoms with Crippen molar-refractivity contribution in [3.8, 4) is 11.4 Å². The van der Waals surface area contributed by atoms with E-state index in [2.05, 4.69) is 30.6 Å². The molecule has 2 amide bonds. The van der Waals surface area contributed by atoms with Crippen LogP contribution < -0.4 is 5.32 Å². The summed E-state index contributed by atoms with van der Waals surface area (Å²) in [6.45, 7) is 3.23. The number of likely N-dealkylation sites (tertiary alicyclic amines) is 1. The van der Waals surface area contributed by atoms with Gasteiger partial charge in [-0.15, -0.1) is 0 Å². The molecule has 9 heteroatoms. The second-order valence-electron chi connectivity index (χ2n) is 6.64. The van der Waals surface area contributed by atoms with Gasteiger partial charge in [-0.3, -0.25) is 10.1 Å². The molecule has 0 aliphatic carbocycles. The van der Waals surface area contributed by atoms with Gasteiger partial charge >= 0.3 is 6.03 Å². The normalized spacial score (nSPS) is 16.3. The van der Waals surface area contributed by atoms with Crippen molar-refractivity contribution in [2.24, 2.45) is 0 Å². The number of aromatic nitrogens is 5. The van der Waals surface area contributed by atoms with E-state index in [-0.39, 0.29) is 12.1 Å². The molecule has 3 aromatic rings. The number of H-pyrrole nitrogens is 1. The third-order valence-electron chi connectivity index (χ3n) is 4.82. The molecule has 27 heavy (non-hydrogen) atoms. The van der Waals surface area contributed by atoms with E-state index in [1.807, 2.05) is 30.0 Å². The summed E-state index contributed by atoms with van der Waals surface area (Å²) in [4.78, 5) is 22.8. The number of hydrogen-bond donors (Lipinski definition) is 2. The summed E-state index contributed by atoms with van der Waals surface area (Å²) in [6.07, 6.45) is 6.94. The molecule has 0 spiro atoms. The first-order valence-electron chi connectivity index (χ1n) is 8.99. The van der Waals surface area contributed by atoms with Gasteiger partial charge in [0, 0.05) is 48.9 Å². The van der Waals surface area contributed by atoms with Crippen molar-refractivity contribution < 1.29 is 9.32 Å². The lowest BCUT2D eigenvalue weighted by Gasteiger charge is -2.32. The Balaban J connectivity index is 1.33. The Morgan fingerprint density at radius 3 is 2.89 bits per heavy atom. The topological polar surface area (TPSA) is 113 Å². The van der Waals surface area contributed by atoms with E-state index < -0.39 is 0 Å². The predicted molar refractivity (Wildman–Crippen MR) is 96.6 cm³/mol. The van der Waals surface area contributed by atoms with Crippen LogP contribution >= 0.6 is 0 Å². The van der Waals surface area contributed by atoms with Crippen molar-refractivity contribution in [3.63, 3.8) is 0 Å². The molecule has 0 aromatic carbocycles. The number of nitrogens with zero attached hydrogens (tertiary/aromatic N) is 5. The van der Waals surface area contributed by atoms with Crippen molar-refractivity contribution in [1.82, 2.24) is 35.5 Å². The van der Waals surface area contributed by atoms with E-state index in [0.29, 0.717) is 30.7 Å². The van der Waals surface area contributed by atoms with E-state index >= 15 is 0 Å². The van der Waals surface area contributed by atoms with Crippen LogP contribution in [0.3, 0.4) is 0 Å². The van der Waals surface area contributed by atoms with Crippen LogP contribution in [0.15, 0.2) is 41.3 Å². The average Bonchev–Trinajstić information content (AvgIpc) is 3.41. The maximum Gasteiger partial charge on any atom is 0.318 e. The number of carbonyl (C=O) groups is 1. The Morgan fingerprint density at radius 2 is 2.19 bits per heavy atom. The second-order valence-corrected chi connectivity index (χ2v) is 6.64. The first-order valence-corrected chi connectivity index (χ1v) is 8.99. The molecule has 3 aromatic heterocycles. The Kier molecular flexibility index (Phi) is 4.82. The van der Waals surface area contributed by atoms with Crippen LogP contribution in [0.4, 0.5) is 4.79 Å². The van der Waals surface area contributed by atoms with Gasteiger partial charge in [0.1, 0.15) is 6.04 Å². The fourth-order valence-electron chi connectivity index (χ4n) is 3.25. The summed E-state index contributed by atoms with van der Waals surface area (Å²) in [5, 5.41) is 13.9. The quantitative estimate of drug-likeness (QED) is 0.732. The number of rotatable bonds is 4. The van der Waals surface area contributed by atoms with Crippen LogP contribution in [0, 0.1) is 0 Å². The van der Waals surface area contributed by atoms with Gasteiger partial charge in [0.15, 0.2) is 0 Å². The molecule has 1 saturated heterocycles. The molecule has 1 aliphatic rings. The lowest BCUT2D eigenvalue weighted by Crippen LogP contribution is -2.44. The first kappa shape index (κ1) is 17.2. The Labute approximate surface area is 156 Å². The zero-order valence-corrected chi connectivity index (χ0v) is 15.0. The molecule has 9 nitrogen and oxygen atoms in total. The summed E-state index contributed by atoms with van der Waals surface area (Å²) < 4.78 is 5.30. The number of pyridine rings is 1. The number of urea groups is 1. The van der Waals surface area contributed by atoms with Crippen LogP contribution in [0.25, 0.3) is 11.4 Å². The number of aromatic amines is 1. The average molecular weight is 367 g/mol. The molecule has 0 saturated carbocycles. The number of carbonyl (C=O) groups excluding carboxylic acids is 1. The Bertz CT molecular complexity index is 870. The Morgan fingerprint density at radius 1 is 1.33 bits per heavy atom. The highest BCUT2D eigenvalue weighted by atomic mass is 16.5. The molecule has 2 N–H and O–H groups in total. The van der Waals surface area contributed by atoms with E-state index in [0.717, 1.165) is 24.1 Å². The fourth-order valence-corrected chi connectivity index (χ4v) is 3.25. The van der Waals surface area contributed by atoms with Crippen molar-refractivity contribution in [2.75, 3.05) is 13.1 Å². The highest BCUT2D eigenvalue weighted by molar-refractivity contribution is 5.74. The van der Waals surface area contributed by atoms with Gasteiger partial charge in [-0.05, 0) is 38.0 Å². The maximum atomic E-state index is 12.5. The first-order chi connectivity index (χ1) is 13.2. The van der Waals surface area contributed by atoms with Gasteiger partial charge < -0.3 is 14.7 Å². The third-order valence-corrected chi connectivity index (χ3v) is 4.82. The molecular weight excluding hydrogens is 346 g/mol. The monoisotopic (exact) mass is 367 g/mol. The largest absolute Gasteiger partial charge is 0.337 e. The van der Waals surface area contributed by atoms with Gasteiger partial charge in [-0.1, -0.05) is 5.16 Å². The minimum Gasteiger partial charge on any atom is -0.337 e. The molecule has 1 fully saturated rings. The highest BCUT2D eigenvalue weighted by Crippen LogP contribution is 2.26. The van der Waals surface area contributed by atoms with Crippen LogP contribution in [0.5, 0.6) is 0 Å². The number of nitrogens with one attached hydrogen (secondary N) is 2. The van der Waals surface area contributed by atoms with E-state index in [4.69, 9.17) is 4.52 Å². The van der Waals surface area contributed by atoms with Crippen LogP contribution in [0.2, 0.25) is 0 Å². The number of amides is 2. The van der Waals surface area contributed by atoms with Gasteiger partial charge in [0.25, 0.3) is 0 Å². The van der Waals surface area contributed by atoms with E-state index in [9.17, 15) is 4.79 Å². The predicted octanol–water partition coefficient (Wildman–Crippen LogP) is 2.50.